The fourth-order valence-electron chi connectivity index (χ4n) is 3.35. The summed E-state index contributed by atoms with van der Waals surface area (Å²) in [7, 11) is 0. The Hall–Kier alpha value is -1.83. The Morgan fingerprint density at radius 3 is 2.77 bits per heavy atom. The van der Waals surface area contributed by atoms with E-state index in [1.54, 1.807) is 0 Å². The lowest BCUT2D eigenvalue weighted by Gasteiger charge is -2.26. The monoisotopic (exact) mass is 361 g/mol. The van der Waals surface area contributed by atoms with Gasteiger partial charge < -0.3 is 4.52 Å². The number of rotatable bonds is 8. The van der Waals surface area contributed by atoms with Crippen molar-refractivity contribution >= 4 is 0 Å². The average Bonchev–Trinajstić information content (AvgIpc) is 3.24. The van der Waals surface area contributed by atoms with Crippen LogP contribution in [-0.2, 0) is 13.0 Å². The summed E-state index contributed by atoms with van der Waals surface area (Å²) >= 11 is 0. The number of halogens is 1. The summed E-state index contributed by atoms with van der Waals surface area (Å²) in [4.78, 5) is 6.83. The Bertz CT molecular complexity index is 687. The van der Waals surface area contributed by atoms with Gasteiger partial charge in [-0.05, 0) is 30.2 Å². The lowest BCUT2D eigenvalue weighted by atomic mass is 9.94. The van der Waals surface area contributed by atoms with Crippen molar-refractivity contribution < 1.29 is 8.91 Å². The van der Waals surface area contributed by atoms with Crippen LogP contribution < -0.4 is 10.9 Å². The molecule has 0 aliphatic carbocycles. The first-order chi connectivity index (χ1) is 12.5. The molecule has 2 unspecified atom stereocenters. The van der Waals surface area contributed by atoms with Crippen LogP contribution >= 0.6 is 0 Å². The van der Waals surface area contributed by atoms with E-state index in [1.165, 1.54) is 12.1 Å². The third-order valence-corrected chi connectivity index (χ3v) is 4.72. The standard InChI is InChI=1S/C19H28FN5O/c1-4-25(12-17-22-18(26-24-17)9-13(2)3)11-15-10-21-23-19(15)14-5-7-16(20)8-6-14/h5-8,13,15,19,21,23H,4,9-12H2,1-3H3. The number of aromatic nitrogens is 2. The number of hydrogen-bond donors (Lipinski definition) is 2. The summed E-state index contributed by atoms with van der Waals surface area (Å²) in [5.74, 6) is 2.11. The predicted octanol–water partition coefficient (Wildman–Crippen LogP) is 2.69. The van der Waals surface area contributed by atoms with Gasteiger partial charge in [0.15, 0.2) is 5.82 Å². The van der Waals surface area contributed by atoms with E-state index < -0.39 is 0 Å². The molecule has 0 radical (unpaired) electrons. The highest BCUT2D eigenvalue weighted by Crippen LogP contribution is 2.26. The molecule has 1 aromatic heterocycles. The maximum Gasteiger partial charge on any atom is 0.226 e. The predicted molar refractivity (Wildman–Crippen MR) is 97.6 cm³/mol. The number of nitrogens with one attached hydrogen (secondary N) is 2. The van der Waals surface area contributed by atoms with Gasteiger partial charge in [-0.15, -0.1) is 0 Å². The molecule has 1 aliphatic rings. The Kier molecular flexibility index (Phi) is 6.34. The molecular weight excluding hydrogens is 333 g/mol. The minimum absolute atomic E-state index is 0.159. The molecule has 2 N–H and O–H groups in total. The zero-order valence-corrected chi connectivity index (χ0v) is 15.7. The van der Waals surface area contributed by atoms with Crippen molar-refractivity contribution in [1.82, 2.24) is 25.9 Å². The van der Waals surface area contributed by atoms with Crippen LogP contribution in [0.5, 0.6) is 0 Å². The highest BCUT2D eigenvalue weighted by Gasteiger charge is 2.30. The van der Waals surface area contributed by atoms with Gasteiger partial charge in [-0.2, -0.15) is 4.98 Å². The quantitative estimate of drug-likeness (QED) is 0.754. The van der Waals surface area contributed by atoms with Gasteiger partial charge >= 0.3 is 0 Å². The third-order valence-electron chi connectivity index (χ3n) is 4.72. The molecule has 26 heavy (non-hydrogen) atoms. The first-order valence-corrected chi connectivity index (χ1v) is 9.32. The van der Waals surface area contributed by atoms with Crippen molar-refractivity contribution in [3.63, 3.8) is 0 Å². The van der Waals surface area contributed by atoms with Crippen LogP contribution in [0.1, 0.15) is 44.1 Å². The topological polar surface area (TPSA) is 66.2 Å². The fraction of sp³-hybridized carbons (Fsp3) is 0.579. The summed E-state index contributed by atoms with van der Waals surface area (Å²) < 4.78 is 18.5. The Labute approximate surface area is 154 Å². The second-order valence-electron chi connectivity index (χ2n) is 7.34. The van der Waals surface area contributed by atoms with E-state index in [0.29, 0.717) is 24.3 Å². The second-order valence-corrected chi connectivity index (χ2v) is 7.34. The highest BCUT2D eigenvalue weighted by molar-refractivity contribution is 5.21. The Balaban J connectivity index is 1.61. The van der Waals surface area contributed by atoms with Crippen molar-refractivity contribution in [2.45, 2.75) is 39.8 Å². The normalized spacial score (nSPS) is 20.4. The summed E-state index contributed by atoms with van der Waals surface area (Å²) in [5.41, 5.74) is 7.64. The Morgan fingerprint density at radius 2 is 2.08 bits per heavy atom. The molecule has 1 aromatic carbocycles. The molecule has 142 valence electrons. The summed E-state index contributed by atoms with van der Waals surface area (Å²) in [6.07, 6.45) is 0.808. The molecule has 0 amide bonds. The van der Waals surface area contributed by atoms with Crippen LogP contribution in [0.15, 0.2) is 28.8 Å². The molecule has 6 nitrogen and oxygen atoms in total. The van der Waals surface area contributed by atoms with E-state index in [-0.39, 0.29) is 11.9 Å². The van der Waals surface area contributed by atoms with Crippen molar-refractivity contribution in [3.05, 3.63) is 47.4 Å². The number of benzene rings is 1. The molecular formula is C19H28FN5O. The number of nitrogens with zero attached hydrogens (tertiary/aromatic N) is 3. The fourth-order valence-corrected chi connectivity index (χ4v) is 3.35. The molecule has 3 rings (SSSR count). The van der Waals surface area contributed by atoms with Gasteiger partial charge in [-0.1, -0.05) is 38.1 Å². The number of hydrazine groups is 1. The van der Waals surface area contributed by atoms with Crippen LogP contribution in [-0.4, -0.2) is 34.7 Å². The SMILES string of the molecule is CCN(Cc1noc(CC(C)C)n1)CC1CNNC1c1ccc(F)cc1. The van der Waals surface area contributed by atoms with Crippen LogP contribution in [0, 0.1) is 17.7 Å². The smallest absolute Gasteiger partial charge is 0.226 e. The van der Waals surface area contributed by atoms with Gasteiger partial charge in [0.2, 0.25) is 5.89 Å². The summed E-state index contributed by atoms with van der Waals surface area (Å²) in [5, 5.41) is 4.12. The van der Waals surface area contributed by atoms with Crippen LogP contribution in [0.25, 0.3) is 0 Å². The van der Waals surface area contributed by atoms with Crippen molar-refractivity contribution in [2.24, 2.45) is 11.8 Å². The molecule has 7 heteroatoms. The van der Waals surface area contributed by atoms with Crippen LogP contribution in [0.3, 0.4) is 0 Å². The van der Waals surface area contributed by atoms with E-state index >= 15 is 0 Å². The molecule has 2 aromatic rings. The lowest BCUT2D eigenvalue weighted by molar-refractivity contribution is 0.220. The summed E-state index contributed by atoms with van der Waals surface area (Å²) in [6.45, 7) is 9.75. The van der Waals surface area contributed by atoms with Gasteiger partial charge in [-0.3, -0.25) is 10.3 Å². The van der Waals surface area contributed by atoms with Gasteiger partial charge in [0.1, 0.15) is 5.82 Å². The van der Waals surface area contributed by atoms with Crippen LogP contribution in [0.4, 0.5) is 4.39 Å². The van der Waals surface area contributed by atoms with Crippen molar-refractivity contribution in [2.75, 3.05) is 19.6 Å². The molecule has 1 fully saturated rings. The zero-order valence-electron chi connectivity index (χ0n) is 15.7. The lowest BCUT2D eigenvalue weighted by Crippen LogP contribution is -2.33. The van der Waals surface area contributed by atoms with E-state index in [0.717, 1.165) is 37.4 Å². The largest absolute Gasteiger partial charge is 0.339 e. The van der Waals surface area contributed by atoms with Crippen LogP contribution in [0.2, 0.25) is 0 Å². The Morgan fingerprint density at radius 1 is 1.31 bits per heavy atom. The minimum Gasteiger partial charge on any atom is -0.339 e. The van der Waals surface area contributed by atoms with Gasteiger partial charge in [-0.25, -0.2) is 9.82 Å². The van der Waals surface area contributed by atoms with Crippen molar-refractivity contribution in [1.29, 1.82) is 0 Å². The van der Waals surface area contributed by atoms with Gasteiger partial charge in [0.25, 0.3) is 0 Å². The zero-order chi connectivity index (χ0) is 18.5. The molecule has 1 saturated heterocycles. The highest BCUT2D eigenvalue weighted by atomic mass is 19.1. The molecule has 0 saturated carbocycles. The molecule has 0 spiro atoms. The third kappa shape index (κ3) is 4.87. The van der Waals surface area contributed by atoms with Gasteiger partial charge in [0, 0.05) is 25.4 Å². The molecule has 1 aliphatic heterocycles. The number of hydrogen-bond acceptors (Lipinski definition) is 6. The second kappa shape index (κ2) is 8.70. The maximum absolute atomic E-state index is 13.2. The minimum atomic E-state index is -0.208. The van der Waals surface area contributed by atoms with E-state index in [9.17, 15) is 4.39 Å². The maximum atomic E-state index is 13.2. The van der Waals surface area contributed by atoms with E-state index in [4.69, 9.17) is 4.52 Å². The molecule has 2 atom stereocenters. The van der Waals surface area contributed by atoms with Crippen molar-refractivity contribution in [3.8, 4) is 0 Å². The van der Waals surface area contributed by atoms with Gasteiger partial charge in [0.05, 0.1) is 12.6 Å². The molecule has 0 bridgehead atoms. The first-order valence-electron chi connectivity index (χ1n) is 9.32. The average molecular weight is 361 g/mol. The van der Waals surface area contributed by atoms with E-state index in [1.807, 2.05) is 12.1 Å². The first kappa shape index (κ1) is 18.9. The molecule has 2 heterocycles. The van der Waals surface area contributed by atoms with E-state index in [2.05, 4.69) is 46.7 Å². The summed E-state index contributed by atoms with van der Waals surface area (Å²) in [6, 6.07) is 6.88.